The first-order valence-electron chi connectivity index (χ1n) is 6.21. The van der Waals surface area contributed by atoms with Crippen LogP contribution in [0.25, 0.3) is 0 Å². The predicted octanol–water partition coefficient (Wildman–Crippen LogP) is 2.66. The average molecular weight is 340 g/mol. The largest absolute Gasteiger partial charge is 0.468 e. The second kappa shape index (κ2) is 7.40. The summed E-state index contributed by atoms with van der Waals surface area (Å²) in [6.45, 7) is 3.81. The number of hydrogen-bond donors (Lipinski definition) is 1. The van der Waals surface area contributed by atoms with Crippen molar-refractivity contribution in [2.75, 3.05) is 7.11 Å². The molecule has 1 N–H and O–H groups in total. The summed E-state index contributed by atoms with van der Waals surface area (Å²) >= 11 is 6.69. The maximum Gasteiger partial charge on any atom is 0.324 e. The van der Waals surface area contributed by atoms with E-state index in [4.69, 9.17) is 16.3 Å². The number of thiophene rings is 1. The fourth-order valence-corrected chi connectivity index (χ4v) is 4.64. The molecule has 0 fully saturated rings. The minimum Gasteiger partial charge on any atom is -0.468 e. The van der Waals surface area contributed by atoms with E-state index in [-0.39, 0.29) is 10.1 Å². The van der Waals surface area contributed by atoms with Gasteiger partial charge in [-0.3, -0.25) is 4.79 Å². The Bertz CT molecular complexity index is 552. The Morgan fingerprint density at radius 2 is 2.00 bits per heavy atom. The van der Waals surface area contributed by atoms with Gasteiger partial charge in [0.1, 0.15) is 10.3 Å². The van der Waals surface area contributed by atoms with Crippen molar-refractivity contribution >= 4 is 38.9 Å². The Kier molecular flexibility index (Phi) is 6.44. The first-order chi connectivity index (χ1) is 9.35. The number of sulfonamides is 1. The maximum atomic E-state index is 12.2. The van der Waals surface area contributed by atoms with Crippen molar-refractivity contribution in [1.82, 2.24) is 4.72 Å². The van der Waals surface area contributed by atoms with Gasteiger partial charge in [-0.25, -0.2) is 8.42 Å². The van der Waals surface area contributed by atoms with Crippen LogP contribution in [0.4, 0.5) is 0 Å². The molecular formula is C12H18ClNO4S2. The van der Waals surface area contributed by atoms with Gasteiger partial charge in [0.15, 0.2) is 0 Å². The summed E-state index contributed by atoms with van der Waals surface area (Å²) < 4.78 is 32.1. The third-order valence-electron chi connectivity index (χ3n) is 3.07. The third kappa shape index (κ3) is 4.18. The van der Waals surface area contributed by atoms with E-state index in [1.807, 2.05) is 13.8 Å². The Morgan fingerprint density at radius 1 is 1.40 bits per heavy atom. The summed E-state index contributed by atoms with van der Waals surface area (Å²) in [6.07, 6.45) is 1.34. The minimum atomic E-state index is -3.78. The van der Waals surface area contributed by atoms with Gasteiger partial charge in [-0.15, -0.1) is 11.3 Å². The van der Waals surface area contributed by atoms with Gasteiger partial charge in [-0.1, -0.05) is 38.3 Å². The lowest BCUT2D eigenvalue weighted by molar-refractivity contribution is -0.144. The Labute approximate surface area is 128 Å². The number of methoxy groups -OCH3 is 1. The smallest absolute Gasteiger partial charge is 0.324 e. The van der Waals surface area contributed by atoms with Crippen LogP contribution in [0.5, 0.6) is 0 Å². The molecule has 0 aliphatic rings. The van der Waals surface area contributed by atoms with Crippen LogP contribution in [0.15, 0.2) is 16.3 Å². The van der Waals surface area contributed by atoms with Gasteiger partial charge < -0.3 is 4.74 Å². The molecule has 5 nitrogen and oxygen atoms in total. The highest BCUT2D eigenvalue weighted by atomic mass is 35.5. The molecule has 1 heterocycles. The van der Waals surface area contributed by atoms with Crippen molar-refractivity contribution in [3.63, 3.8) is 0 Å². The normalized spacial score (nSPS) is 13.4. The van der Waals surface area contributed by atoms with Gasteiger partial charge in [-0.2, -0.15) is 4.72 Å². The predicted molar refractivity (Wildman–Crippen MR) is 79.5 cm³/mol. The highest BCUT2D eigenvalue weighted by molar-refractivity contribution is 7.91. The molecule has 0 amide bonds. The lowest BCUT2D eigenvalue weighted by Gasteiger charge is -2.23. The molecule has 0 aliphatic carbocycles. The molecule has 8 heteroatoms. The molecule has 1 aromatic rings. The molecular weight excluding hydrogens is 322 g/mol. The molecule has 1 atom stereocenters. The van der Waals surface area contributed by atoms with E-state index >= 15 is 0 Å². The molecule has 0 spiro atoms. The lowest BCUT2D eigenvalue weighted by Crippen LogP contribution is -2.46. The molecule has 0 bridgehead atoms. The van der Waals surface area contributed by atoms with Crippen molar-refractivity contribution in [2.45, 2.75) is 36.9 Å². The molecule has 1 aromatic heterocycles. The van der Waals surface area contributed by atoms with E-state index in [9.17, 15) is 13.2 Å². The van der Waals surface area contributed by atoms with E-state index in [0.29, 0.717) is 17.2 Å². The van der Waals surface area contributed by atoms with Crippen molar-refractivity contribution in [2.24, 2.45) is 5.92 Å². The molecule has 20 heavy (non-hydrogen) atoms. The van der Waals surface area contributed by atoms with Gasteiger partial charge >= 0.3 is 5.97 Å². The summed E-state index contributed by atoms with van der Waals surface area (Å²) in [6, 6.07) is 2.03. The van der Waals surface area contributed by atoms with E-state index in [2.05, 4.69) is 4.72 Å². The van der Waals surface area contributed by atoms with Crippen LogP contribution < -0.4 is 4.72 Å². The van der Waals surface area contributed by atoms with E-state index in [1.54, 1.807) is 0 Å². The van der Waals surface area contributed by atoms with E-state index < -0.39 is 22.0 Å². The quantitative estimate of drug-likeness (QED) is 0.775. The van der Waals surface area contributed by atoms with Gasteiger partial charge in [-0.05, 0) is 18.1 Å². The Hall–Kier alpha value is -0.630. The molecule has 0 aliphatic heterocycles. The summed E-state index contributed by atoms with van der Waals surface area (Å²) in [7, 11) is -2.53. The van der Waals surface area contributed by atoms with Gasteiger partial charge in [0.25, 0.3) is 10.0 Å². The molecule has 0 radical (unpaired) electrons. The lowest BCUT2D eigenvalue weighted by atomic mass is 9.95. The third-order valence-corrected chi connectivity index (χ3v) is 6.23. The van der Waals surface area contributed by atoms with Gasteiger partial charge in [0.2, 0.25) is 0 Å². The molecule has 0 unspecified atom stereocenters. The summed E-state index contributed by atoms with van der Waals surface area (Å²) in [5.74, 6) is -0.697. The zero-order valence-electron chi connectivity index (χ0n) is 11.6. The average Bonchev–Trinajstić information content (AvgIpc) is 2.85. The van der Waals surface area contributed by atoms with Gasteiger partial charge in [0, 0.05) is 0 Å². The summed E-state index contributed by atoms with van der Waals surface area (Å²) in [4.78, 5) is 11.8. The number of carbonyl (C=O) groups is 1. The van der Waals surface area contributed by atoms with Crippen LogP contribution >= 0.6 is 22.9 Å². The topological polar surface area (TPSA) is 72.5 Å². The van der Waals surface area contributed by atoms with Crippen molar-refractivity contribution in [3.05, 3.63) is 16.5 Å². The highest BCUT2D eigenvalue weighted by Crippen LogP contribution is 2.26. The van der Waals surface area contributed by atoms with Gasteiger partial charge in [0.05, 0.1) is 11.4 Å². The summed E-state index contributed by atoms with van der Waals surface area (Å²) in [5, 5.41) is 0. The van der Waals surface area contributed by atoms with Crippen LogP contribution in [0.2, 0.25) is 4.34 Å². The Morgan fingerprint density at radius 3 is 2.40 bits per heavy atom. The zero-order valence-corrected chi connectivity index (χ0v) is 13.9. The van der Waals surface area contributed by atoms with Crippen LogP contribution in [0, 0.1) is 5.92 Å². The fraction of sp³-hybridized carbons (Fsp3) is 0.583. The second-order valence-electron chi connectivity index (χ2n) is 4.26. The second-order valence-corrected chi connectivity index (χ2v) is 7.91. The molecule has 114 valence electrons. The van der Waals surface area contributed by atoms with Crippen molar-refractivity contribution in [1.29, 1.82) is 0 Å². The first kappa shape index (κ1) is 17.4. The number of esters is 1. The van der Waals surface area contributed by atoms with E-state index in [1.165, 1.54) is 19.2 Å². The number of rotatable bonds is 7. The standard InChI is InChI=1S/C12H18ClNO4S2/c1-4-8(5-2)11(12(15)18-3)14-20(16,17)10-7-6-9(13)19-10/h6-8,11,14H,4-5H2,1-3H3/t11-/m0/s1. The molecule has 0 saturated heterocycles. The number of carbonyl (C=O) groups excluding carboxylic acids is 1. The summed E-state index contributed by atoms with van der Waals surface area (Å²) in [5.41, 5.74) is 0. The number of halogens is 1. The SMILES string of the molecule is CCC(CC)[C@H](NS(=O)(=O)c1ccc(Cl)s1)C(=O)OC. The monoisotopic (exact) mass is 339 g/mol. The maximum absolute atomic E-state index is 12.2. The van der Waals surface area contributed by atoms with Crippen LogP contribution in [-0.4, -0.2) is 27.5 Å². The van der Waals surface area contributed by atoms with Crippen molar-refractivity contribution < 1.29 is 17.9 Å². The number of nitrogens with one attached hydrogen (secondary N) is 1. The fourth-order valence-electron chi connectivity index (χ4n) is 1.89. The molecule has 0 aromatic carbocycles. The number of ether oxygens (including phenoxy) is 1. The highest BCUT2D eigenvalue weighted by Gasteiger charge is 2.32. The minimum absolute atomic E-state index is 0.0855. The molecule has 1 rings (SSSR count). The Balaban J connectivity index is 3.02. The van der Waals surface area contributed by atoms with Crippen LogP contribution in [0.1, 0.15) is 26.7 Å². The zero-order chi connectivity index (χ0) is 15.3. The van der Waals surface area contributed by atoms with E-state index in [0.717, 1.165) is 11.3 Å². The molecule has 0 saturated carbocycles. The van der Waals surface area contributed by atoms with Crippen molar-refractivity contribution in [3.8, 4) is 0 Å². The first-order valence-corrected chi connectivity index (χ1v) is 8.89. The number of hydrogen-bond acceptors (Lipinski definition) is 5. The van der Waals surface area contributed by atoms with Crippen LogP contribution in [-0.2, 0) is 19.6 Å². The van der Waals surface area contributed by atoms with Crippen LogP contribution in [0.3, 0.4) is 0 Å².